The van der Waals surface area contributed by atoms with Gasteiger partial charge in [0.1, 0.15) is 11.2 Å². The fourth-order valence-corrected chi connectivity index (χ4v) is 8.61. The highest BCUT2D eigenvalue weighted by Gasteiger charge is 2.19. The number of fused-ring (bicyclic) bond motifs is 8. The van der Waals surface area contributed by atoms with Crippen molar-refractivity contribution in [1.82, 2.24) is 24.5 Å². The van der Waals surface area contributed by atoms with E-state index in [0.717, 1.165) is 88.6 Å². The van der Waals surface area contributed by atoms with Crippen LogP contribution in [0.15, 0.2) is 205 Å². The van der Waals surface area contributed by atoms with E-state index in [4.69, 9.17) is 24.4 Å². The van der Waals surface area contributed by atoms with E-state index in [1.807, 2.05) is 60.7 Å². The molecule has 0 amide bonds. The Morgan fingerprint density at radius 1 is 0.350 bits per heavy atom. The molecule has 0 fully saturated rings. The zero-order chi connectivity index (χ0) is 39.6. The first kappa shape index (κ1) is 33.9. The zero-order valence-corrected chi connectivity index (χ0v) is 32.2. The maximum absolute atomic E-state index is 6.45. The fourth-order valence-electron chi connectivity index (χ4n) is 8.61. The summed E-state index contributed by atoms with van der Waals surface area (Å²) < 4.78 is 8.76. The SMILES string of the molecule is c1ccc(-c2nc(-c3cccc(-c4ccc(-c5nc6ccccc6c6oc7ccccc7c56)cc4)c3)nc(-c3cccc(-n4c5ccccc5c5ccccc54)c3)n2)cc1. The third kappa shape index (κ3) is 5.57. The van der Waals surface area contributed by atoms with Gasteiger partial charge in [-0.15, -0.1) is 0 Å². The second-order valence-electron chi connectivity index (χ2n) is 15.0. The van der Waals surface area contributed by atoms with Crippen LogP contribution < -0.4 is 0 Å². The summed E-state index contributed by atoms with van der Waals surface area (Å²) in [6.07, 6.45) is 0. The fraction of sp³-hybridized carbons (Fsp3) is 0. The highest BCUT2D eigenvalue weighted by molar-refractivity contribution is 6.19. The van der Waals surface area contributed by atoms with Crippen molar-refractivity contribution in [3.8, 4) is 62.2 Å². The largest absolute Gasteiger partial charge is 0.455 e. The van der Waals surface area contributed by atoms with E-state index in [1.165, 1.54) is 10.8 Å². The standard InChI is InChI=1S/C54H33N5O/c1-2-14-36(15-3-1)52-56-53(58-54(57-52)39-18-13-19-40(33-39)59-46-25-9-5-20-41(46)42-21-6-10-26-47(42)59)38-17-12-16-37(32-38)34-28-30-35(31-29-34)50-49-44-23-7-11-27-48(44)60-51(49)43-22-4-8-24-45(43)55-50/h1-33H. The van der Waals surface area contributed by atoms with Crippen LogP contribution in [0.4, 0.5) is 0 Å². The minimum Gasteiger partial charge on any atom is -0.455 e. The summed E-state index contributed by atoms with van der Waals surface area (Å²) in [5, 5.41) is 5.53. The van der Waals surface area contributed by atoms with Gasteiger partial charge in [-0.2, -0.15) is 0 Å². The highest BCUT2D eigenvalue weighted by atomic mass is 16.3. The lowest BCUT2D eigenvalue weighted by Gasteiger charge is -2.12. The summed E-state index contributed by atoms with van der Waals surface area (Å²) in [5.74, 6) is 1.83. The first-order chi connectivity index (χ1) is 29.7. The number of benzene rings is 8. The number of pyridine rings is 1. The van der Waals surface area contributed by atoms with Gasteiger partial charge >= 0.3 is 0 Å². The van der Waals surface area contributed by atoms with E-state index in [9.17, 15) is 0 Å². The van der Waals surface area contributed by atoms with Crippen LogP contribution >= 0.6 is 0 Å². The van der Waals surface area contributed by atoms with E-state index in [2.05, 4.69) is 144 Å². The molecule has 280 valence electrons. The van der Waals surface area contributed by atoms with Crippen molar-refractivity contribution in [2.75, 3.05) is 0 Å². The van der Waals surface area contributed by atoms with Crippen LogP contribution in [0.25, 0.3) is 117 Å². The minimum atomic E-state index is 0.606. The van der Waals surface area contributed by atoms with Crippen LogP contribution in [0.5, 0.6) is 0 Å². The molecule has 12 aromatic rings. The maximum atomic E-state index is 6.45. The predicted molar refractivity (Wildman–Crippen MR) is 244 cm³/mol. The van der Waals surface area contributed by atoms with Crippen LogP contribution in [-0.4, -0.2) is 24.5 Å². The Balaban J connectivity index is 0.951. The molecule has 0 aliphatic heterocycles. The second-order valence-corrected chi connectivity index (χ2v) is 15.0. The Bertz CT molecular complexity index is 3550. The molecular weight excluding hydrogens is 735 g/mol. The summed E-state index contributed by atoms with van der Waals surface area (Å²) in [4.78, 5) is 20.5. The maximum Gasteiger partial charge on any atom is 0.164 e. The van der Waals surface area contributed by atoms with E-state index >= 15 is 0 Å². The molecule has 0 radical (unpaired) electrons. The molecule has 6 nitrogen and oxygen atoms in total. The normalized spacial score (nSPS) is 11.7. The van der Waals surface area contributed by atoms with Gasteiger partial charge in [0.05, 0.1) is 27.6 Å². The molecule has 4 aromatic heterocycles. The monoisotopic (exact) mass is 767 g/mol. The molecule has 0 aliphatic carbocycles. The average molecular weight is 768 g/mol. The summed E-state index contributed by atoms with van der Waals surface area (Å²) in [5.41, 5.74) is 12.8. The molecule has 60 heavy (non-hydrogen) atoms. The first-order valence-electron chi connectivity index (χ1n) is 20.1. The third-order valence-corrected chi connectivity index (χ3v) is 11.4. The molecule has 12 rings (SSSR count). The van der Waals surface area contributed by atoms with Gasteiger partial charge in [-0.25, -0.2) is 19.9 Å². The first-order valence-corrected chi connectivity index (χ1v) is 20.1. The van der Waals surface area contributed by atoms with Crippen LogP contribution in [0, 0.1) is 0 Å². The number of para-hydroxylation sites is 4. The lowest BCUT2D eigenvalue weighted by Crippen LogP contribution is -2.01. The Kier molecular flexibility index (Phi) is 7.74. The smallest absolute Gasteiger partial charge is 0.164 e. The molecule has 8 aromatic carbocycles. The van der Waals surface area contributed by atoms with Crippen molar-refractivity contribution in [3.63, 3.8) is 0 Å². The van der Waals surface area contributed by atoms with Gasteiger partial charge < -0.3 is 8.98 Å². The van der Waals surface area contributed by atoms with Gasteiger partial charge in [0, 0.05) is 49.5 Å². The molecule has 0 spiro atoms. The number of hydrogen-bond acceptors (Lipinski definition) is 5. The molecule has 4 heterocycles. The number of rotatable bonds is 6. The minimum absolute atomic E-state index is 0.606. The van der Waals surface area contributed by atoms with Crippen LogP contribution in [0.2, 0.25) is 0 Å². The van der Waals surface area contributed by atoms with Gasteiger partial charge in [0.25, 0.3) is 0 Å². The van der Waals surface area contributed by atoms with E-state index in [0.29, 0.717) is 17.5 Å². The van der Waals surface area contributed by atoms with Crippen molar-refractivity contribution in [1.29, 1.82) is 0 Å². The summed E-state index contributed by atoms with van der Waals surface area (Å²) >= 11 is 0. The van der Waals surface area contributed by atoms with E-state index in [-0.39, 0.29) is 0 Å². The van der Waals surface area contributed by atoms with E-state index in [1.54, 1.807) is 0 Å². The van der Waals surface area contributed by atoms with E-state index < -0.39 is 0 Å². The molecule has 0 aliphatic rings. The molecule has 0 saturated carbocycles. The van der Waals surface area contributed by atoms with Gasteiger partial charge in [-0.05, 0) is 59.7 Å². The van der Waals surface area contributed by atoms with Crippen molar-refractivity contribution in [2.45, 2.75) is 0 Å². The summed E-state index contributed by atoms with van der Waals surface area (Å²) in [6.45, 7) is 0. The number of aromatic nitrogens is 5. The van der Waals surface area contributed by atoms with Crippen LogP contribution in [0.3, 0.4) is 0 Å². The van der Waals surface area contributed by atoms with Crippen LogP contribution in [0.1, 0.15) is 0 Å². The molecule has 0 N–H and O–H groups in total. The van der Waals surface area contributed by atoms with Crippen molar-refractivity contribution >= 4 is 54.6 Å². The highest BCUT2D eigenvalue weighted by Crippen LogP contribution is 2.40. The number of nitrogens with zero attached hydrogens (tertiary/aromatic N) is 5. The Morgan fingerprint density at radius 3 is 1.62 bits per heavy atom. The lowest BCUT2D eigenvalue weighted by molar-refractivity contribution is 0.672. The Hall–Kier alpha value is -8.22. The summed E-state index contributed by atoms with van der Waals surface area (Å²) in [6, 6.07) is 69.1. The molecule has 6 heteroatoms. The molecule has 0 atom stereocenters. The lowest BCUT2D eigenvalue weighted by atomic mass is 9.98. The quantitative estimate of drug-likeness (QED) is 0.168. The molecule has 0 unspecified atom stereocenters. The number of hydrogen-bond donors (Lipinski definition) is 0. The zero-order valence-electron chi connectivity index (χ0n) is 32.2. The van der Waals surface area contributed by atoms with Gasteiger partial charge in [0.15, 0.2) is 17.5 Å². The van der Waals surface area contributed by atoms with Gasteiger partial charge in [-0.3, -0.25) is 0 Å². The number of furan rings is 1. The van der Waals surface area contributed by atoms with Gasteiger partial charge in [-0.1, -0.05) is 152 Å². The van der Waals surface area contributed by atoms with Crippen LogP contribution in [-0.2, 0) is 0 Å². The average Bonchev–Trinajstić information content (AvgIpc) is 3.89. The van der Waals surface area contributed by atoms with Crippen molar-refractivity contribution in [2.24, 2.45) is 0 Å². The Morgan fingerprint density at radius 2 is 0.883 bits per heavy atom. The van der Waals surface area contributed by atoms with Crippen molar-refractivity contribution < 1.29 is 4.42 Å². The van der Waals surface area contributed by atoms with Gasteiger partial charge in [0.2, 0.25) is 0 Å². The molecule has 0 bridgehead atoms. The third-order valence-electron chi connectivity index (χ3n) is 11.4. The van der Waals surface area contributed by atoms with Crippen molar-refractivity contribution in [3.05, 3.63) is 200 Å². The molecule has 0 saturated heterocycles. The topological polar surface area (TPSA) is 69.6 Å². The second kappa shape index (κ2) is 13.7. The summed E-state index contributed by atoms with van der Waals surface area (Å²) in [7, 11) is 0. The Labute approximate surface area is 344 Å². The predicted octanol–water partition coefficient (Wildman–Crippen LogP) is 13.8. The molecular formula is C54H33N5O.